The monoisotopic (exact) mass is 346 g/mol. The Morgan fingerprint density at radius 3 is 2.56 bits per heavy atom. The van der Waals surface area contributed by atoms with E-state index in [1.165, 1.54) is 0 Å². The molecule has 2 fully saturated rings. The van der Waals surface area contributed by atoms with Crippen LogP contribution >= 0.6 is 0 Å². The van der Waals surface area contributed by atoms with Crippen LogP contribution in [0.3, 0.4) is 0 Å². The maximum atomic E-state index is 12.8. The number of amides is 1. The van der Waals surface area contributed by atoms with Crippen LogP contribution in [0.5, 0.6) is 5.75 Å². The molecule has 0 radical (unpaired) electrons. The zero-order valence-electron chi connectivity index (χ0n) is 14.7. The summed E-state index contributed by atoms with van der Waals surface area (Å²) in [7, 11) is 0. The highest BCUT2D eigenvalue weighted by atomic mass is 16.5. The number of aliphatic carboxylic acids is 1. The molecule has 1 unspecified atom stereocenters. The highest BCUT2D eigenvalue weighted by molar-refractivity contribution is 5.81. The Morgan fingerprint density at radius 2 is 1.88 bits per heavy atom. The molecule has 6 nitrogen and oxygen atoms in total. The van der Waals surface area contributed by atoms with Crippen LogP contribution in [0.25, 0.3) is 0 Å². The SMILES string of the molecule is CCOc1ccc(C2CCCN2C(=O)CN2CCC[C@H]2C(=O)O)cc1. The number of carboxylic acids is 1. The van der Waals surface area contributed by atoms with Crippen molar-refractivity contribution in [1.82, 2.24) is 9.80 Å². The third kappa shape index (κ3) is 3.95. The molecule has 1 N–H and O–H groups in total. The molecule has 1 aromatic carbocycles. The molecule has 25 heavy (non-hydrogen) atoms. The lowest BCUT2D eigenvalue weighted by molar-refractivity contribution is -0.143. The topological polar surface area (TPSA) is 70.1 Å². The molecule has 1 amide bonds. The van der Waals surface area contributed by atoms with Crippen molar-refractivity contribution in [3.05, 3.63) is 29.8 Å². The molecule has 0 bridgehead atoms. The summed E-state index contributed by atoms with van der Waals surface area (Å²) in [6.07, 6.45) is 3.39. The normalized spacial score (nSPS) is 23.8. The maximum Gasteiger partial charge on any atom is 0.320 e. The molecule has 3 rings (SSSR count). The second kappa shape index (κ2) is 7.87. The van der Waals surface area contributed by atoms with Gasteiger partial charge in [-0.25, -0.2) is 0 Å². The molecule has 0 saturated carbocycles. The number of hydrogen-bond donors (Lipinski definition) is 1. The highest BCUT2D eigenvalue weighted by Crippen LogP contribution is 2.33. The second-order valence-corrected chi connectivity index (χ2v) is 6.71. The Labute approximate surface area is 148 Å². The minimum absolute atomic E-state index is 0.0320. The molecule has 136 valence electrons. The number of ether oxygens (including phenoxy) is 1. The number of carbonyl (C=O) groups is 2. The van der Waals surface area contributed by atoms with Gasteiger partial charge in [0.05, 0.1) is 19.2 Å². The minimum Gasteiger partial charge on any atom is -0.494 e. The standard InChI is InChI=1S/C19H26N2O4/c1-2-25-15-9-7-14(8-10-15)16-5-4-12-21(16)18(22)13-20-11-3-6-17(20)19(23)24/h7-10,16-17H,2-6,11-13H2,1H3,(H,23,24)/t16?,17-/m0/s1. The summed E-state index contributed by atoms with van der Waals surface area (Å²) < 4.78 is 5.48. The number of rotatable bonds is 6. The van der Waals surface area contributed by atoms with Gasteiger partial charge in [-0.05, 0) is 56.8 Å². The third-order valence-corrected chi connectivity index (χ3v) is 5.14. The molecule has 6 heteroatoms. The van der Waals surface area contributed by atoms with E-state index in [4.69, 9.17) is 4.74 Å². The van der Waals surface area contributed by atoms with Gasteiger partial charge in [-0.2, -0.15) is 0 Å². The number of likely N-dealkylation sites (tertiary alicyclic amines) is 2. The third-order valence-electron chi connectivity index (χ3n) is 5.14. The Morgan fingerprint density at radius 1 is 1.16 bits per heavy atom. The van der Waals surface area contributed by atoms with Crippen LogP contribution in [0.1, 0.15) is 44.2 Å². The zero-order valence-corrected chi connectivity index (χ0v) is 14.7. The van der Waals surface area contributed by atoms with Gasteiger partial charge < -0.3 is 14.7 Å². The van der Waals surface area contributed by atoms with Crippen LogP contribution in [-0.4, -0.2) is 59.1 Å². The fourth-order valence-corrected chi connectivity index (χ4v) is 3.92. The van der Waals surface area contributed by atoms with Crippen molar-refractivity contribution in [2.24, 2.45) is 0 Å². The van der Waals surface area contributed by atoms with Crippen molar-refractivity contribution in [2.45, 2.75) is 44.7 Å². The molecule has 2 aliphatic rings. The van der Waals surface area contributed by atoms with Crippen LogP contribution in [0, 0.1) is 0 Å². The first-order valence-electron chi connectivity index (χ1n) is 9.09. The second-order valence-electron chi connectivity index (χ2n) is 6.71. The van der Waals surface area contributed by atoms with Gasteiger partial charge in [0.25, 0.3) is 0 Å². The Kier molecular flexibility index (Phi) is 5.58. The Balaban J connectivity index is 1.66. The predicted molar refractivity (Wildman–Crippen MR) is 93.5 cm³/mol. The molecule has 0 aliphatic carbocycles. The molecule has 2 saturated heterocycles. The Bertz CT molecular complexity index is 616. The largest absolute Gasteiger partial charge is 0.494 e. The van der Waals surface area contributed by atoms with E-state index in [0.29, 0.717) is 19.6 Å². The number of nitrogens with zero attached hydrogens (tertiary/aromatic N) is 2. The van der Waals surface area contributed by atoms with E-state index in [9.17, 15) is 14.7 Å². The molecule has 2 heterocycles. The molecule has 2 atom stereocenters. The van der Waals surface area contributed by atoms with E-state index >= 15 is 0 Å². The van der Waals surface area contributed by atoms with Gasteiger partial charge in [0.15, 0.2) is 0 Å². The number of carboxylic acid groups (broad SMARTS) is 1. The van der Waals surface area contributed by atoms with Crippen LogP contribution < -0.4 is 4.74 Å². The van der Waals surface area contributed by atoms with Crippen LogP contribution in [0.4, 0.5) is 0 Å². The van der Waals surface area contributed by atoms with Gasteiger partial charge in [0.1, 0.15) is 11.8 Å². The van der Waals surface area contributed by atoms with Crippen LogP contribution in [0.2, 0.25) is 0 Å². The van der Waals surface area contributed by atoms with Gasteiger partial charge in [0, 0.05) is 6.54 Å². The average Bonchev–Trinajstić information content (AvgIpc) is 3.25. The van der Waals surface area contributed by atoms with Gasteiger partial charge in [0.2, 0.25) is 5.91 Å². The summed E-state index contributed by atoms with van der Waals surface area (Å²) in [6.45, 7) is 4.21. The summed E-state index contributed by atoms with van der Waals surface area (Å²) in [5.41, 5.74) is 1.12. The van der Waals surface area contributed by atoms with Gasteiger partial charge in [-0.1, -0.05) is 12.1 Å². The molecular weight excluding hydrogens is 320 g/mol. The minimum atomic E-state index is -0.824. The summed E-state index contributed by atoms with van der Waals surface area (Å²) in [6, 6.07) is 7.50. The smallest absolute Gasteiger partial charge is 0.320 e. The van der Waals surface area contributed by atoms with E-state index in [-0.39, 0.29) is 18.5 Å². The first-order valence-corrected chi connectivity index (χ1v) is 9.09. The summed E-state index contributed by atoms with van der Waals surface area (Å²) in [5.74, 6) is 0.0443. The van der Waals surface area contributed by atoms with Crippen molar-refractivity contribution in [2.75, 3.05) is 26.2 Å². The summed E-state index contributed by atoms with van der Waals surface area (Å²) >= 11 is 0. The molecule has 1 aromatic rings. The van der Waals surface area contributed by atoms with E-state index in [2.05, 4.69) is 0 Å². The van der Waals surface area contributed by atoms with Crippen molar-refractivity contribution < 1.29 is 19.4 Å². The van der Waals surface area contributed by atoms with Crippen LogP contribution in [0.15, 0.2) is 24.3 Å². The van der Waals surface area contributed by atoms with Crippen molar-refractivity contribution in [3.63, 3.8) is 0 Å². The van der Waals surface area contributed by atoms with Gasteiger partial charge in [-0.3, -0.25) is 14.5 Å². The quantitative estimate of drug-likeness (QED) is 0.856. The average molecular weight is 346 g/mol. The molecule has 2 aliphatic heterocycles. The maximum absolute atomic E-state index is 12.8. The van der Waals surface area contributed by atoms with Crippen molar-refractivity contribution in [1.29, 1.82) is 0 Å². The molecular formula is C19H26N2O4. The number of carbonyl (C=O) groups excluding carboxylic acids is 1. The summed E-state index contributed by atoms with van der Waals surface area (Å²) in [4.78, 5) is 27.8. The van der Waals surface area contributed by atoms with E-state index < -0.39 is 12.0 Å². The van der Waals surface area contributed by atoms with E-state index in [1.807, 2.05) is 36.1 Å². The van der Waals surface area contributed by atoms with Crippen molar-refractivity contribution in [3.8, 4) is 5.75 Å². The lowest BCUT2D eigenvalue weighted by Crippen LogP contribution is -2.44. The fourth-order valence-electron chi connectivity index (χ4n) is 3.92. The van der Waals surface area contributed by atoms with Crippen molar-refractivity contribution >= 4 is 11.9 Å². The molecule has 0 spiro atoms. The zero-order chi connectivity index (χ0) is 17.8. The highest BCUT2D eigenvalue weighted by Gasteiger charge is 2.35. The first kappa shape index (κ1) is 17.7. The lowest BCUT2D eigenvalue weighted by atomic mass is 10.0. The predicted octanol–water partition coefficient (Wildman–Crippen LogP) is 2.30. The lowest BCUT2D eigenvalue weighted by Gasteiger charge is -2.28. The Hall–Kier alpha value is -2.08. The fraction of sp³-hybridized carbons (Fsp3) is 0.579. The van der Waals surface area contributed by atoms with Gasteiger partial charge >= 0.3 is 5.97 Å². The van der Waals surface area contributed by atoms with Gasteiger partial charge in [-0.15, -0.1) is 0 Å². The van der Waals surface area contributed by atoms with E-state index in [0.717, 1.165) is 37.1 Å². The summed E-state index contributed by atoms with van der Waals surface area (Å²) in [5, 5.41) is 9.28. The number of benzene rings is 1. The van der Waals surface area contributed by atoms with E-state index in [1.54, 1.807) is 4.90 Å². The number of hydrogen-bond acceptors (Lipinski definition) is 4. The van der Waals surface area contributed by atoms with Crippen LogP contribution in [-0.2, 0) is 9.59 Å². The first-order chi connectivity index (χ1) is 12.1. The molecule has 0 aromatic heterocycles.